The van der Waals surface area contributed by atoms with Gasteiger partial charge in [-0.15, -0.1) is 10.2 Å². The molecule has 0 bridgehead atoms. The van der Waals surface area contributed by atoms with Crippen molar-refractivity contribution in [1.82, 2.24) is 15.1 Å². The van der Waals surface area contributed by atoms with Crippen molar-refractivity contribution in [2.45, 2.75) is 17.9 Å². The maximum atomic E-state index is 12.6. The zero-order chi connectivity index (χ0) is 23.5. The van der Waals surface area contributed by atoms with E-state index in [9.17, 15) is 4.79 Å². The highest BCUT2D eigenvalue weighted by atomic mass is 35.5. The van der Waals surface area contributed by atoms with Crippen molar-refractivity contribution in [1.29, 1.82) is 0 Å². The van der Waals surface area contributed by atoms with Crippen LogP contribution in [0.3, 0.4) is 0 Å². The lowest BCUT2D eigenvalue weighted by Gasteiger charge is -2.23. The molecule has 0 saturated carbocycles. The lowest BCUT2D eigenvalue weighted by atomic mass is 10.2. The molecule has 1 atom stereocenters. The molecule has 0 radical (unpaired) electrons. The Labute approximate surface area is 204 Å². The number of fused-ring (bicyclic) bond motifs is 1. The van der Waals surface area contributed by atoms with Gasteiger partial charge in [-0.05, 0) is 48.5 Å². The third-order valence-corrected chi connectivity index (χ3v) is 6.19. The molecule has 34 heavy (non-hydrogen) atoms. The summed E-state index contributed by atoms with van der Waals surface area (Å²) < 4.78 is 23.1. The first kappa shape index (κ1) is 22.4. The summed E-state index contributed by atoms with van der Waals surface area (Å²) in [6.07, 6.45) is -0.496. The number of para-hydroxylation sites is 2. The van der Waals surface area contributed by atoms with Crippen LogP contribution in [0.2, 0.25) is 5.02 Å². The molecule has 0 spiro atoms. The van der Waals surface area contributed by atoms with Crippen molar-refractivity contribution in [2.75, 3.05) is 19.4 Å². The average molecular weight is 498 g/mol. The van der Waals surface area contributed by atoms with Crippen LogP contribution >= 0.6 is 23.4 Å². The standard InChI is InChI=1S/C24H20ClN3O5S/c1-28(12-17-10-11-18(31-17)15-6-8-16(25)9-7-15)22(29)14-34-24-27-26-23(33-24)21-13-30-19-4-2-3-5-20(19)32-21/h2-11,21H,12-14H2,1H3/t21-/m0/s1. The largest absolute Gasteiger partial charge is 0.485 e. The summed E-state index contributed by atoms with van der Waals surface area (Å²) in [6, 6.07) is 18.5. The monoisotopic (exact) mass is 497 g/mol. The van der Waals surface area contributed by atoms with Crippen molar-refractivity contribution in [3.05, 3.63) is 77.3 Å². The van der Waals surface area contributed by atoms with E-state index in [1.54, 1.807) is 24.1 Å². The van der Waals surface area contributed by atoms with Gasteiger partial charge in [0.25, 0.3) is 11.1 Å². The highest BCUT2D eigenvalue weighted by Crippen LogP contribution is 2.36. The Morgan fingerprint density at radius 3 is 2.68 bits per heavy atom. The number of rotatable bonds is 7. The quantitative estimate of drug-likeness (QED) is 0.320. The first-order valence-corrected chi connectivity index (χ1v) is 11.8. The van der Waals surface area contributed by atoms with Gasteiger partial charge in [-0.3, -0.25) is 4.79 Å². The van der Waals surface area contributed by atoms with Crippen LogP contribution in [-0.2, 0) is 11.3 Å². The number of hydrogen-bond acceptors (Lipinski definition) is 8. The number of thioether (sulfide) groups is 1. The molecule has 0 aliphatic carbocycles. The number of amides is 1. The Hall–Kier alpha value is -3.43. The molecule has 174 valence electrons. The van der Waals surface area contributed by atoms with E-state index < -0.39 is 6.10 Å². The maximum Gasteiger partial charge on any atom is 0.277 e. The maximum absolute atomic E-state index is 12.6. The molecule has 1 aliphatic heterocycles. The molecule has 0 fully saturated rings. The summed E-state index contributed by atoms with van der Waals surface area (Å²) >= 11 is 7.11. The molecule has 0 unspecified atom stereocenters. The van der Waals surface area contributed by atoms with Crippen LogP contribution in [0.4, 0.5) is 0 Å². The van der Waals surface area contributed by atoms with E-state index in [0.717, 1.165) is 11.3 Å². The highest BCUT2D eigenvalue weighted by molar-refractivity contribution is 7.99. The van der Waals surface area contributed by atoms with Crippen LogP contribution < -0.4 is 9.47 Å². The van der Waals surface area contributed by atoms with Gasteiger partial charge in [-0.1, -0.05) is 35.5 Å². The van der Waals surface area contributed by atoms with Crippen molar-refractivity contribution in [3.63, 3.8) is 0 Å². The van der Waals surface area contributed by atoms with E-state index in [1.807, 2.05) is 48.5 Å². The van der Waals surface area contributed by atoms with Crippen LogP contribution in [0.15, 0.2) is 74.7 Å². The van der Waals surface area contributed by atoms with Gasteiger partial charge in [-0.2, -0.15) is 0 Å². The molecular weight excluding hydrogens is 478 g/mol. The van der Waals surface area contributed by atoms with Gasteiger partial charge in [0.1, 0.15) is 18.1 Å². The fraction of sp³-hybridized carbons (Fsp3) is 0.208. The minimum atomic E-state index is -0.496. The van der Waals surface area contributed by atoms with E-state index in [0.29, 0.717) is 39.9 Å². The second-order valence-electron chi connectivity index (χ2n) is 7.58. The van der Waals surface area contributed by atoms with E-state index in [2.05, 4.69) is 10.2 Å². The number of ether oxygens (including phenoxy) is 2. The lowest BCUT2D eigenvalue weighted by molar-refractivity contribution is -0.127. The number of hydrogen-bond donors (Lipinski definition) is 0. The predicted octanol–water partition coefficient (Wildman–Crippen LogP) is 5.25. The topological polar surface area (TPSA) is 90.8 Å². The van der Waals surface area contributed by atoms with Crippen LogP contribution in [0, 0.1) is 0 Å². The Morgan fingerprint density at radius 2 is 1.85 bits per heavy atom. The Balaban J connectivity index is 1.13. The lowest BCUT2D eigenvalue weighted by Crippen LogP contribution is -2.27. The minimum Gasteiger partial charge on any atom is -0.485 e. The first-order valence-electron chi connectivity index (χ1n) is 10.5. The number of nitrogens with zero attached hydrogens (tertiary/aromatic N) is 3. The average Bonchev–Trinajstić information content (AvgIpc) is 3.52. The van der Waals surface area contributed by atoms with E-state index in [-0.39, 0.29) is 18.3 Å². The van der Waals surface area contributed by atoms with Gasteiger partial charge in [0.15, 0.2) is 11.5 Å². The minimum absolute atomic E-state index is 0.0969. The summed E-state index contributed by atoms with van der Waals surface area (Å²) in [4.78, 5) is 14.2. The molecule has 4 aromatic rings. The summed E-state index contributed by atoms with van der Waals surface area (Å²) in [5.41, 5.74) is 0.920. The van der Waals surface area contributed by atoms with Crippen LogP contribution in [0.1, 0.15) is 17.8 Å². The zero-order valence-electron chi connectivity index (χ0n) is 18.1. The molecule has 8 nitrogen and oxygen atoms in total. The van der Waals surface area contributed by atoms with E-state index in [4.69, 9.17) is 29.9 Å². The third-order valence-electron chi connectivity index (χ3n) is 5.13. The summed E-state index contributed by atoms with van der Waals surface area (Å²) in [5, 5.41) is 9.02. The fourth-order valence-corrected chi connectivity index (χ4v) is 4.17. The number of benzene rings is 2. The number of aromatic nitrogens is 2. The molecule has 0 saturated heterocycles. The van der Waals surface area contributed by atoms with Gasteiger partial charge in [0, 0.05) is 17.6 Å². The number of halogens is 1. The second kappa shape index (κ2) is 9.82. The van der Waals surface area contributed by atoms with Crippen molar-refractivity contribution >= 4 is 29.3 Å². The van der Waals surface area contributed by atoms with Crippen molar-refractivity contribution in [3.8, 4) is 22.8 Å². The SMILES string of the molecule is CN(Cc1ccc(-c2ccc(Cl)cc2)o1)C(=O)CSc1nnc([C@@H]2COc3ccccc3O2)o1. The summed E-state index contributed by atoms with van der Waals surface area (Å²) in [7, 11) is 1.72. The Kier molecular flexibility index (Phi) is 6.46. The predicted molar refractivity (Wildman–Crippen MR) is 126 cm³/mol. The third kappa shape index (κ3) is 5.05. The van der Waals surface area contributed by atoms with Gasteiger partial charge >= 0.3 is 0 Å². The van der Waals surface area contributed by atoms with Crippen LogP contribution in [0.5, 0.6) is 11.5 Å². The van der Waals surface area contributed by atoms with Crippen LogP contribution in [-0.4, -0.2) is 40.4 Å². The number of carbonyl (C=O) groups is 1. The smallest absolute Gasteiger partial charge is 0.277 e. The number of carbonyl (C=O) groups excluding carboxylic acids is 1. The van der Waals surface area contributed by atoms with Gasteiger partial charge in [0.2, 0.25) is 12.0 Å². The highest BCUT2D eigenvalue weighted by Gasteiger charge is 2.27. The molecule has 5 rings (SSSR count). The first-order chi connectivity index (χ1) is 16.5. The summed E-state index contributed by atoms with van der Waals surface area (Å²) in [5.74, 6) is 3.06. The fourth-order valence-electron chi connectivity index (χ4n) is 3.34. The van der Waals surface area contributed by atoms with Crippen molar-refractivity contribution < 1.29 is 23.1 Å². The molecule has 3 heterocycles. The van der Waals surface area contributed by atoms with E-state index in [1.165, 1.54) is 11.8 Å². The van der Waals surface area contributed by atoms with Gasteiger partial charge in [0.05, 0.1) is 12.3 Å². The van der Waals surface area contributed by atoms with Crippen LogP contribution in [0.25, 0.3) is 11.3 Å². The second-order valence-corrected chi connectivity index (χ2v) is 8.94. The van der Waals surface area contributed by atoms with Gasteiger partial charge < -0.3 is 23.2 Å². The molecule has 1 amide bonds. The molecule has 2 aromatic carbocycles. The zero-order valence-corrected chi connectivity index (χ0v) is 19.7. The molecule has 10 heteroatoms. The summed E-state index contributed by atoms with van der Waals surface area (Å²) in [6.45, 7) is 0.612. The molecule has 1 aliphatic rings. The van der Waals surface area contributed by atoms with Gasteiger partial charge in [-0.25, -0.2) is 0 Å². The van der Waals surface area contributed by atoms with E-state index >= 15 is 0 Å². The molecular formula is C24H20ClN3O5S. The normalized spacial score (nSPS) is 14.7. The molecule has 0 N–H and O–H groups in total. The Morgan fingerprint density at radius 1 is 1.06 bits per heavy atom. The number of furan rings is 1. The Bertz CT molecular complexity index is 1290. The molecule has 2 aromatic heterocycles. The van der Waals surface area contributed by atoms with Crippen molar-refractivity contribution in [2.24, 2.45) is 0 Å².